The van der Waals surface area contributed by atoms with Gasteiger partial charge in [0.2, 0.25) is 10.0 Å². The Morgan fingerprint density at radius 2 is 1.85 bits per heavy atom. The third-order valence-corrected chi connectivity index (χ3v) is 13.6. The second-order valence-electron chi connectivity index (χ2n) is 11.8. The molecule has 13 nitrogen and oxygen atoms in total. The molecule has 3 fully saturated rings. The number of halogens is 1. The van der Waals surface area contributed by atoms with Crippen molar-refractivity contribution < 1.29 is 50.8 Å². The number of carbonyl (C=O) groups excluding carboxylic acids is 1. The summed E-state index contributed by atoms with van der Waals surface area (Å²) in [4.78, 5) is 12.6. The van der Waals surface area contributed by atoms with Gasteiger partial charge in [-0.2, -0.15) is 4.31 Å². The zero-order valence-corrected chi connectivity index (χ0v) is 28.6. The van der Waals surface area contributed by atoms with E-state index >= 15 is 0 Å². The minimum absolute atomic E-state index is 0.0387. The Morgan fingerprint density at radius 1 is 1.11 bits per heavy atom. The van der Waals surface area contributed by atoms with Gasteiger partial charge in [-0.3, -0.25) is 0 Å². The lowest BCUT2D eigenvalue weighted by atomic mass is 9.89. The lowest BCUT2D eigenvalue weighted by Gasteiger charge is -2.37. The number of aliphatic hydroxyl groups excluding tert-OH is 2. The summed E-state index contributed by atoms with van der Waals surface area (Å²) in [6.07, 6.45) is -0.297. The monoisotopic (exact) mass is 746 g/mol. The summed E-state index contributed by atoms with van der Waals surface area (Å²) in [6.45, 7) is 1.94. The van der Waals surface area contributed by atoms with Gasteiger partial charge < -0.3 is 34.5 Å². The van der Waals surface area contributed by atoms with Crippen molar-refractivity contribution in [3.05, 3.63) is 46.9 Å². The Balaban J connectivity index is 1.06. The van der Waals surface area contributed by atoms with Crippen molar-refractivity contribution in [2.24, 2.45) is 0 Å². The van der Waals surface area contributed by atoms with Gasteiger partial charge in [-0.05, 0) is 69.0 Å². The van der Waals surface area contributed by atoms with E-state index < -0.39 is 55.1 Å². The summed E-state index contributed by atoms with van der Waals surface area (Å²) in [6, 6.07) is 10.8. The summed E-state index contributed by atoms with van der Waals surface area (Å²) < 4.78 is 76.1. The molecule has 2 aromatic rings. The topological polar surface area (TPSA) is 178 Å². The third kappa shape index (κ3) is 7.48. The Labute approximate surface area is 277 Å². The summed E-state index contributed by atoms with van der Waals surface area (Å²) >= 11 is 3.34. The molecule has 0 bridgehead atoms. The molecule has 3 N–H and O–H groups in total. The van der Waals surface area contributed by atoms with E-state index in [1.165, 1.54) is 28.6 Å². The van der Waals surface area contributed by atoms with E-state index in [9.17, 15) is 31.8 Å². The van der Waals surface area contributed by atoms with Gasteiger partial charge in [-0.25, -0.2) is 21.6 Å². The third-order valence-electron chi connectivity index (χ3n) is 8.61. The SMILES string of the molecule is CCOc1ccc(Br)cc1S(=O)(=O)N1CCC2(CC1)C[C@@H](OC(=O)NCC(O)COc1cccc(S(=O)(=O)C3(CO)CC3)c1)CO2. The van der Waals surface area contributed by atoms with Crippen LogP contribution in [0.4, 0.5) is 4.79 Å². The number of rotatable bonds is 13. The predicted molar refractivity (Wildman–Crippen MR) is 169 cm³/mol. The first-order chi connectivity index (χ1) is 21.8. The molecule has 2 saturated heterocycles. The van der Waals surface area contributed by atoms with E-state index in [1.54, 1.807) is 25.1 Å². The number of nitrogens with zero attached hydrogens (tertiary/aromatic N) is 1. The number of hydrogen-bond acceptors (Lipinski definition) is 11. The first-order valence-corrected chi connectivity index (χ1v) is 18.8. The van der Waals surface area contributed by atoms with Crippen LogP contribution in [-0.4, -0.2) is 106 Å². The first kappa shape index (κ1) is 34.9. The van der Waals surface area contributed by atoms with Crippen molar-refractivity contribution in [3.63, 3.8) is 0 Å². The lowest BCUT2D eigenvalue weighted by Crippen LogP contribution is -2.46. The van der Waals surface area contributed by atoms with Crippen LogP contribution >= 0.6 is 15.9 Å². The number of benzene rings is 2. The largest absolute Gasteiger partial charge is 0.492 e. The number of ether oxygens (including phenoxy) is 4. The minimum Gasteiger partial charge on any atom is -0.492 e. The zero-order valence-electron chi connectivity index (χ0n) is 25.4. The van der Waals surface area contributed by atoms with Crippen molar-refractivity contribution in [1.82, 2.24) is 9.62 Å². The van der Waals surface area contributed by atoms with E-state index in [2.05, 4.69) is 21.2 Å². The van der Waals surface area contributed by atoms with Crippen molar-refractivity contribution in [3.8, 4) is 11.5 Å². The number of nitrogens with one attached hydrogen (secondary N) is 1. The van der Waals surface area contributed by atoms with Crippen LogP contribution in [0.25, 0.3) is 0 Å². The van der Waals surface area contributed by atoms with Gasteiger partial charge in [0, 0.05) is 24.0 Å². The van der Waals surface area contributed by atoms with Gasteiger partial charge in [0.1, 0.15) is 35.2 Å². The van der Waals surface area contributed by atoms with Crippen molar-refractivity contribution >= 4 is 41.9 Å². The zero-order chi connectivity index (χ0) is 33.2. The van der Waals surface area contributed by atoms with Crippen molar-refractivity contribution in [2.45, 2.75) is 71.4 Å². The summed E-state index contributed by atoms with van der Waals surface area (Å²) in [5, 5.41) is 22.4. The van der Waals surface area contributed by atoms with Gasteiger partial charge >= 0.3 is 6.09 Å². The Kier molecular flexibility index (Phi) is 10.6. The molecule has 1 aliphatic carbocycles. The fourth-order valence-electron chi connectivity index (χ4n) is 5.74. The number of piperidine rings is 1. The number of carbonyl (C=O) groups is 1. The molecule has 2 atom stereocenters. The highest BCUT2D eigenvalue weighted by Gasteiger charge is 2.54. The molecule has 2 aromatic carbocycles. The smallest absolute Gasteiger partial charge is 0.407 e. The van der Waals surface area contributed by atoms with E-state index in [0.29, 0.717) is 48.9 Å². The van der Waals surface area contributed by atoms with Crippen LogP contribution in [0.1, 0.15) is 39.0 Å². The molecular weight excluding hydrogens is 708 g/mol. The van der Waals surface area contributed by atoms with E-state index in [-0.39, 0.29) is 48.4 Å². The lowest BCUT2D eigenvalue weighted by molar-refractivity contribution is -0.0325. The van der Waals surface area contributed by atoms with Crippen LogP contribution in [0.15, 0.2) is 56.7 Å². The Hall–Kier alpha value is -2.47. The molecule has 1 amide bonds. The average molecular weight is 748 g/mol. The Morgan fingerprint density at radius 3 is 2.52 bits per heavy atom. The van der Waals surface area contributed by atoms with Crippen molar-refractivity contribution in [1.29, 1.82) is 0 Å². The molecule has 3 aliphatic rings. The fraction of sp³-hybridized carbons (Fsp3) is 0.567. The minimum atomic E-state index is -3.81. The molecule has 0 aromatic heterocycles. The van der Waals surface area contributed by atoms with Crippen molar-refractivity contribution in [2.75, 3.05) is 46.1 Å². The number of sulfonamides is 1. The molecule has 0 radical (unpaired) electrons. The van der Waals surface area contributed by atoms with Gasteiger partial charge in [-0.1, -0.05) is 22.0 Å². The predicted octanol–water partition coefficient (Wildman–Crippen LogP) is 2.62. The number of hydrogen-bond donors (Lipinski definition) is 3. The highest BCUT2D eigenvalue weighted by Crippen LogP contribution is 2.46. The molecule has 1 saturated carbocycles. The number of aliphatic hydroxyl groups is 2. The van der Waals surface area contributed by atoms with Crippen LogP contribution < -0.4 is 14.8 Å². The quantitative estimate of drug-likeness (QED) is 0.275. The standard InChI is InChI=1S/C30H39BrN2O11S2/c1-2-41-26-7-6-21(31)14-27(26)46(39,40)33-12-10-29(11-13-33)16-24(19-43-29)44-28(36)32-17-22(35)18-42-23-4-3-5-25(15-23)45(37,38)30(20-34)8-9-30/h3-7,14-15,22,24,34-35H,2,8-13,16-20H2,1H3,(H,32,36)/t22?,24-/m1/s1. The average Bonchev–Trinajstić information content (AvgIpc) is 3.77. The maximum Gasteiger partial charge on any atom is 0.407 e. The molecule has 46 heavy (non-hydrogen) atoms. The molecule has 16 heteroatoms. The molecule has 1 spiro atoms. The molecule has 254 valence electrons. The Bertz CT molecular complexity index is 1620. The second-order valence-corrected chi connectivity index (χ2v) is 17.0. The molecule has 2 heterocycles. The maximum absolute atomic E-state index is 13.5. The van der Waals surface area contributed by atoms with Crippen LogP contribution in [0.2, 0.25) is 0 Å². The highest BCUT2D eigenvalue weighted by atomic mass is 79.9. The van der Waals surface area contributed by atoms with E-state index in [4.69, 9.17) is 18.9 Å². The summed E-state index contributed by atoms with van der Waals surface area (Å²) in [5.41, 5.74) is -0.608. The van der Waals surface area contributed by atoms with Gasteiger partial charge in [-0.15, -0.1) is 0 Å². The van der Waals surface area contributed by atoms with Crippen LogP contribution in [0.5, 0.6) is 11.5 Å². The fourth-order valence-corrected chi connectivity index (χ4v) is 9.69. The van der Waals surface area contributed by atoms with Crippen LogP contribution in [0.3, 0.4) is 0 Å². The normalized spacial score (nSPS) is 21.4. The first-order valence-electron chi connectivity index (χ1n) is 15.1. The van der Waals surface area contributed by atoms with Gasteiger partial charge in [0.05, 0.1) is 41.6 Å². The van der Waals surface area contributed by atoms with E-state index in [0.717, 1.165) is 0 Å². The van der Waals surface area contributed by atoms with Crippen LogP contribution in [0, 0.1) is 0 Å². The molecular formula is C30H39BrN2O11S2. The number of amides is 1. The number of alkyl carbamates (subject to hydrolysis) is 1. The van der Waals surface area contributed by atoms with Gasteiger partial charge in [0.15, 0.2) is 9.84 Å². The summed E-state index contributed by atoms with van der Waals surface area (Å²) in [7, 11) is -7.53. The maximum atomic E-state index is 13.5. The molecule has 5 rings (SSSR count). The van der Waals surface area contributed by atoms with Crippen LogP contribution in [-0.2, 0) is 29.3 Å². The van der Waals surface area contributed by atoms with E-state index in [1.807, 2.05) is 0 Å². The summed E-state index contributed by atoms with van der Waals surface area (Å²) in [5.74, 6) is 0.527. The van der Waals surface area contributed by atoms with Gasteiger partial charge in [0.25, 0.3) is 0 Å². The highest BCUT2D eigenvalue weighted by molar-refractivity contribution is 9.10. The molecule has 2 aliphatic heterocycles. The number of sulfone groups is 1. The second kappa shape index (κ2) is 13.9. The molecule has 1 unspecified atom stereocenters.